The number of H-pyrrole nitrogens is 2. The molecule has 0 aliphatic heterocycles. The number of ether oxygens (including phenoxy) is 1. The number of ketones is 1. The molecule has 0 atom stereocenters. The lowest BCUT2D eigenvalue weighted by Crippen LogP contribution is -2.18. The van der Waals surface area contributed by atoms with Gasteiger partial charge in [0.05, 0.1) is 5.75 Å². The minimum absolute atomic E-state index is 0.0192. The van der Waals surface area contributed by atoms with Crippen molar-refractivity contribution in [2.75, 3.05) is 19.5 Å². The third kappa shape index (κ3) is 3.89. The number of methoxy groups -OCH3 is 1. The molecular weight excluding hydrogens is 304 g/mol. The van der Waals surface area contributed by atoms with Crippen LogP contribution in [0.25, 0.3) is 0 Å². The Labute approximate surface area is 132 Å². The molecule has 2 aromatic heterocycles. The smallest absolute Gasteiger partial charge is 0.343 e. The average molecular weight is 324 g/mol. The molecule has 2 heterocycles. The standard InChI is InChI=1S/C14H20N4O3S/c1-9-7-11(10(2)15-9)12(19)8-22-14-17-16-13(20)18(14)5-4-6-21-3/h7,15H,4-6,8H2,1-3H3,(H,16,20). The summed E-state index contributed by atoms with van der Waals surface area (Å²) in [6.07, 6.45) is 0.716. The van der Waals surface area contributed by atoms with Crippen molar-refractivity contribution in [1.29, 1.82) is 0 Å². The minimum Gasteiger partial charge on any atom is -0.385 e. The van der Waals surface area contributed by atoms with Gasteiger partial charge < -0.3 is 9.72 Å². The van der Waals surface area contributed by atoms with Crippen LogP contribution in [0.15, 0.2) is 16.0 Å². The van der Waals surface area contributed by atoms with Crippen LogP contribution in [0.5, 0.6) is 0 Å². The lowest BCUT2D eigenvalue weighted by molar-refractivity contribution is 0.102. The van der Waals surface area contributed by atoms with Gasteiger partial charge in [0.2, 0.25) is 0 Å². The van der Waals surface area contributed by atoms with Crippen molar-refractivity contribution in [3.63, 3.8) is 0 Å². The molecule has 8 heteroatoms. The maximum absolute atomic E-state index is 12.2. The van der Waals surface area contributed by atoms with Gasteiger partial charge in [0.25, 0.3) is 0 Å². The fraction of sp³-hybridized carbons (Fsp3) is 0.500. The number of carbonyl (C=O) groups excluding carboxylic acids is 1. The topological polar surface area (TPSA) is 92.8 Å². The third-order valence-electron chi connectivity index (χ3n) is 3.24. The lowest BCUT2D eigenvalue weighted by Gasteiger charge is -2.04. The summed E-state index contributed by atoms with van der Waals surface area (Å²) < 4.78 is 6.51. The molecule has 2 aromatic rings. The van der Waals surface area contributed by atoms with Gasteiger partial charge in [-0.3, -0.25) is 9.36 Å². The van der Waals surface area contributed by atoms with Crippen LogP contribution in [-0.4, -0.2) is 45.0 Å². The number of hydrogen-bond donors (Lipinski definition) is 2. The van der Waals surface area contributed by atoms with E-state index in [2.05, 4.69) is 15.2 Å². The highest BCUT2D eigenvalue weighted by Crippen LogP contribution is 2.18. The molecule has 2 N–H and O–H groups in total. The van der Waals surface area contributed by atoms with Gasteiger partial charge in [0.15, 0.2) is 10.9 Å². The van der Waals surface area contributed by atoms with E-state index in [1.54, 1.807) is 7.11 Å². The minimum atomic E-state index is -0.264. The van der Waals surface area contributed by atoms with Gasteiger partial charge in [-0.2, -0.15) is 0 Å². The molecule has 0 aromatic carbocycles. The number of rotatable bonds is 8. The molecule has 0 saturated heterocycles. The first-order valence-electron chi connectivity index (χ1n) is 6.99. The van der Waals surface area contributed by atoms with E-state index in [4.69, 9.17) is 4.74 Å². The van der Waals surface area contributed by atoms with E-state index in [0.717, 1.165) is 11.4 Å². The molecule has 0 unspecified atom stereocenters. The van der Waals surface area contributed by atoms with E-state index >= 15 is 0 Å². The Hall–Kier alpha value is -1.80. The summed E-state index contributed by atoms with van der Waals surface area (Å²) in [4.78, 5) is 27.1. The van der Waals surface area contributed by atoms with E-state index in [1.807, 2.05) is 19.9 Å². The van der Waals surface area contributed by atoms with Crippen LogP contribution >= 0.6 is 11.8 Å². The van der Waals surface area contributed by atoms with Gasteiger partial charge in [-0.15, -0.1) is 5.10 Å². The molecule has 0 saturated carbocycles. The fourth-order valence-electron chi connectivity index (χ4n) is 2.20. The zero-order valence-corrected chi connectivity index (χ0v) is 13.7. The summed E-state index contributed by atoms with van der Waals surface area (Å²) in [5.74, 6) is 0.262. The predicted octanol–water partition coefficient (Wildman–Crippen LogP) is 1.53. The average Bonchev–Trinajstić information content (AvgIpc) is 3.00. The highest BCUT2D eigenvalue weighted by molar-refractivity contribution is 7.99. The molecule has 0 bridgehead atoms. The van der Waals surface area contributed by atoms with Crippen molar-refractivity contribution in [2.45, 2.75) is 32.0 Å². The number of nitrogens with one attached hydrogen (secondary N) is 2. The molecule has 2 rings (SSSR count). The Morgan fingerprint density at radius 2 is 2.23 bits per heavy atom. The van der Waals surface area contributed by atoms with Gasteiger partial charge in [-0.1, -0.05) is 11.8 Å². The number of aromatic nitrogens is 4. The number of aryl methyl sites for hydroxylation is 2. The summed E-state index contributed by atoms with van der Waals surface area (Å²) in [5, 5.41) is 6.92. The number of thioether (sulfide) groups is 1. The van der Waals surface area contributed by atoms with Crippen molar-refractivity contribution in [1.82, 2.24) is 19.7 Å². The van der Waals surface area contributed by atoms with E-state index < -0.39 is 0 Å². The van der Waals surface area contributed by atoms with Crippen LogP contribution in [0.2, 0.25) is 0 Å². The summed E-state index contributed by atoms with van der Waals surface area (Å²) in [5.41, 5.74) is 2.25. The highest BCUT2D eigenvalue weighted by Gasteiger charge is 2.15. The Balaban J connectivity index is 2.01. The quantitative estimate of drug-likeness (QED) is 0.436. The molecular formula is C14H20N4O3S. The second-order valence-corrected chi connectivity index (χ2v) is 5.95. The van der Waals surface area contributed by atoms with E-state index in [-0.39, 0.29) is 17.2 Å². The first-order chi connectivity index (χ1) is 10.5. The van der Waals surface area contributed by atoms with Crippen LogP contribution in [0.1, 0.15) is 28.2 Å². The third-order valence-corrected chi connectivity index (χ3v) is 4.21. The van der Waals surface area contributed by atoms with Crippen molar-refractivity contribution < 1.29 is 9.53 Å². The summed E-state index contributed by atoms with van der Waals surface area (Å²) in [7, 11) is 1.62. The number of hydrogen-bond acceptors (Lipinski definition) is 5. The van der Waals surface area contributed by atoms with E-state index in [9.17, 15) is 9.59 Å². The molecule has 0 aliphatic rings. The molecule has 0 spiro atoms. The van der Waals surface area contributed by atoms with Gasteiger partial charge in [0, 0.05) is 37.2 Å². The van der Waals surface area contributed by atoms with Gasteiger partial charge in [-0.25, -0.2) is 9.89 Å². The van der Waals surface area contributed by atoms with Crippen molar-refractivity contribution >= 4 is 17.5 Å². The van der Waals surface area contributed by atoms with Gasteiger partial charge >= 0.3 is 5.69 Å². The monoisotopic (exact) mass is 324 g/mol. The largest absolute Gasteiger partial charge is 0.385 e. The van der Waals surface area contributed by atoms with Crippen LogP contribution in [0, 0.1) is 13.8 Å². The van der Waals surface area contributed by atoms with Crippen LogP contribution in [-0.2, 0) is 11.3 Å². The Morgan fingerprint density at radius 1 is 1.45 bits per heavy atom. The zero-order chi connectivity index (χ0) is 16.1. The summed E-state index contributed by atoms with van der Waals surface area (Å²) in [6.45, 7) is 4.88. The predicted molar refractivity (Wildman–Crippen MR) is 84.7 cm³/mol. The van der Waals surface area contributed by atoms with E-state index in [1.165, 1.54) is 16.3 Å². The number of aromatic amines is 2. The first-order valence-corrected chi connectivity index (χ1v) is 7.98. The first kappa shape index (κ1) is 16.6. The maximum Gasteiger partial charge on any atom is 0.343 e. The second-order valence-electron chi connectivity index (χ2n) is 5.01. The van der Waals surface area contributed by atoms with Gasteiger partial charge in [-0.05, 0) is 26.3 Å². The molecule has 0 amide bonds. The van der Waals surface area contributed by atoms with Crippen molar-refractivity contribution in [3.05, 3.63) is 33.5 Å². The second kappa shape index (κ2) is 7.46. The molecule has 0 aliphatic carbocycles. The highest BCUT2D eigenvalue weighted by atomic mass is 32.2. The number of carbonyl (C=O) groups is 1. The molecule has 7 nitrogen and oxygen atoms in total. The van der Waals surface area contributed by atoms with Crippen LogP contribution < -0.4 is 5.69 Å². The zero-order valence-electron chi connectivity index (χ0n) is 12.9. The molecule has 0 fully saturated rings. The SMILES string of the molecule is COCCCn1c(SCC(=O)c2cc(C)[nH]c2C)n[nH]c1=O. The lowest BCUT2D eigenvalue weighted by atomic mass is 10.2. The maximum atomic E-state index is 12.2. The summed E-state index contributed by atoms with van der Waals surface area (Å²) >= 11 is 1.26. The van der Waals surface area contributed by atoms with Crippen molar-refractivity contribution in [2.24, 2.45) is 0 Å². The summed E-state index contributed by atoms with van der Waals surface area (Å²) in [6, 6.07) is 1.84. The van der Waals surface area contributed by atoms with E-state index in [0.29, 0.717) is 30.3 Å². The Bertz CT molecular complexity index is 701. The van der Waals surface area contributed by atoms with Gasteiger partial charge in [0.1, 0.15) is 0 Å². The number of Topliss-reactive ketones (excluding diaryl/α,β-unsaturated/α-hetero) is 1. The Morgan fingerprint density at radius 3 is 2.86 bits per heavy atom. The molecule has 120 valence electrons. The molecule has 0 radical (unpaired) electrons. The Kier molecular flexibility index (Phi) is 5.62. The van der Waals surface area contributed by atoms with Crippen molar-refractivity contribution in [3.8, 4) is 0 Å². The van der Waals surface area contributed by atoms with Crippen LogP contribution in [0.3, 0.4) is 0 Å². The molecule has 22 heavy (non-hydrogen) atoms. The van der Waals surface area contributed by atoms with Crippen LogP contribution in [0.4, 0.5) is 0 Å². The number of nitrogens with zero attached hydrogens (tertiary/aromatic N) is 2. The fourth-order valence-corrected chi connectivity index (χ4v) is 3.05. The normalized spacial score (nSPS) is 11.0.